The van der Waals surface area contributed by atoms with Crippen molar-refractivity contribution in [2.45, 2.75) is 57.3 Å². The van der Waals surface area contributed by atoms with Crippen molar-refractivity contribution < 1.29 is 17.9 Å². The average molecular weight is 502 g/mol. The van der Waals surface area contributed by atoms with Gasteiger partial charge in [-0.1, -0.05) is 31.9 Å². The summed E-state index contributed by atoms with van der Waals surface area (Å²) in [4.78, 5) is 16.5. The van der Waals surface area contributed by atoms with E-state index in [-0.39, 0.29) is 23.6 Å². The number of aryl methyl sites for hydroxylation is 1. The topological polar surface area (TPSA) is 141 Å². The second-order valence-corrected chi connectivity index (χ2v) is 10.1. The average Bonchev–Trinajstić information content (AvgIpc) is 3.40. The lowest BCUT2D eigenvalue weighted by molar-refractivity contribution is 0.0520. The van der Waals surface area contributed by atoms with Crippen LogP contribution in [0, 0.1) is 11.3 Å². The van der Waals surface area contributed by atoms with Gasteiger partial charge < -0.3 is 4.74 Å². The number of esters is 1. The fourth-order valence-corrected chi connectivity index (χ4v) is 4.84. The molecule has 34 heavy (non-hydrogen) atoms. The Labute approximate surface area is 203 Å². The summed E-state index contributed by atoms with van der Waals surface area (Å²) in [6.45, 7) is 4.11. The number of hydrogen-bond acceptors (Lipinski definition) is 8. The highest BCUT2D eigenvalue weighted by molar-refractivity contribution is 7.89. The van der Waals surface area contributed by atoms with Gasteiger partial charge in [0, 0.05) is 17.4 Å². The summed E-state index contributed by atoms with van der Waals surface area (Å²) in [5.74, 6) is -0.502. The van der Waals surface area contributed by atoms with Crippen LogP contribution >= 0.6 is 11.3 Å². The number of carbonyl (C=O) groups excluding carboxylic acids is 1. The Hall–Kier alpha value is -3.07. The Kier molecular flexibility index (Phi) is 8.55. The Balaban J connectivity index is 2.03. The fourth-order valence-electron chi connectivity index (χ4n) is 3.56. The third-order valence-electron chi connectivity index (χ3n) is 5.23. The zero-order valence-corrected chi connectivity index (χ0v) is 20.8. The number of carbonyl (C=O) groups is 1. The quantitative estimate of drug-likeness (QED) is 0.313. The van der Waals surface area contributed by atoms with E-state index < -0.39 is 16.0 Å². The Morgan fingerprint density at radius 1 is 1.24 bits per heavy atom. The summed E-state index contributed by atoms with van der Waals surface area (Å²) < 4.78 is 29.8. The first-order valence-electron chi connectivity index (χ1n) is 11.0. The number of sulfonamides is 1. The minimum Gasteiger partial charge on any atom is -0.461 e. The Morgan fingerprint density at radius 2 is 1.97 bits per heavy atom. The molecule has 3 aromatic rings. The standard InChI is InChI=1S/C23H27N5O4S2/c1-3-5-6-7-19-18(14-16-8-10-17(11-9-16)34(25,30)31)21(12-13-24)28(27-19)23-26-20(15-33-23)22(29)32-4-2/h8-11,15H,3-7,12,14H2,1-2H3,(H2,25,30,31). The number of rotatable bonds is 11. The molecule has 0 radical (unpaired) electrons. The van der Waals surface area contributed by atoms with Crippen molar-refractivity contribution in [1.29, 1.82) is 5.26 Å². The molecule has 180 valence electrons. The molecule has 0 spiro atoms. The zero-order chi connectivity index (χ0) is 24.7. The predicted octanol–water partition coefficient (Wildman–Crippen LogP) is 3.54. The van der Waals surface area contributed by atoms with Crippen LogP contribution in [0.4, 0.5) is 0 Å². The van der Waals surface area contributed by atoms with E-state index in [1.807, 2.05) is 0 Å². The largest absolute Gasteiger partial charge is 0.461 e. The van der Waals surface area contributed by atoms with E-state index >= 15 is 0 Å². The zero-order valence-electron chi connectivity index (χ0n) is 19.2. The number of hydrogen-bond donors (Lipinski definition) is 1. The maximum atomic E-state index is 12.1. The summed E-state index contributed by atoms with van der Waals surface area (Å²) >= 11 is 1.26. The summed E-state index contributed by atoms with van der Waals surface area (Å²) in [6, 6.07) is 8.58. The van der Waals surface area contributed by atoms with E-state index in [1.165, 1.54) is 23.5 Å². The van der Waals surface area contributed by atoms with Crippen LogP contribution in [0.1, 0.15) is 66.1 Å². The lowest BCUT2D eigenvalue weighted by Gasteiger charge is -2.07. The molecule has 1 aromatic carbocycles. The van der Waals surface area contributed by atoms with Gasteiger partial charge in [0.1, 0.15) is 0 Å². The van der Waals surface area contributed by atoms with Crippen LogP contribution in [-0.4, -0.2) is 35.8 Å². The number of nitrogens with zero attached hydrogens (tertiary/aromatic N) is 4. The van der Waals surface area contributed by atoms with Crippen LogP contribution in [0.2, 0.25) is 0 Å². The maximum Gasteiger partial charge on any atom is 0.357 e. The molecule has 9 nitrogen and oxygen atoms in total. The number of aromatic nitrogens is 3. The van der Waals surface area contributed by atoms with E-state index in [0.717, 1.165) is 42.5 Å². The minimum atomic E-state index is -3.78. The molecule has 0 aliphatic heterocycles. The summed E-state index contributed by atoms with van der Waals surface area (Å²) in [6.07, 6.45) is 4.38. The molecule has 0 atom stereocenters. The van der Waals surface area contributed by atoms with Crippen molar-refractivity contribution in [2.75, 3.05) is 6.61 Å². The fraction of sp³-hybridized carbons (Fsp3) is 0.391. The first-order chi connectivity index (χ1) is 16.3. The van der Waals surface area contributed by atoms with Crippen molar-refractivity contribution in [3.8, 4) is 11.2 Å². The highest BCUT2D eigenvalue weighted by Gasteiger charge is 2.22. The third-order valence-corrected chi connectivity index (χ3v) is 6.97. The van der Waals surface area contributed by atoms with Gasteiger partial charge in [-0.15, -0.1) is 11.3 Å². The number of ether oxygens (including phenoxy) is 1. The molecule has 0 saturated carbocycles. The number of nitriles is 1. The van der Waals surface area contributed by atoms with Crippen LogP contribution < -0.4 is 5.14 Å². The molecule has 0 bridgehead atoms. The molecule has 0 saturated heterocycles. The van der Waals surface area contributed by atoms with Crippen LogP contribution in [-0.2, 0) is 34.0 Å². The SMILES string of the molecule is CCCCCc1nn(-c2nc(C(=O)OCC)cs2)c(CC#N)c1Cc1ccc(S(N)(=O)=O)cc1. The van der Waals surface area contributed by atoms with Gasteiger partial charge in [0.25, 0.3) is 0 Å². The lowest BCUT2D eigenvalue weighted by atomic mass is 9.99. The first-order valence-corrected chi connectivity index (χ1v) is 13.4. The van der Waals surface area contributed by atoms with Crippen molar-refractivity contribution in [1.82, 2.24) is 14.8 Å². The molecule has 2 heterocycles. The normalized spacial score (nSPS) is 11.4. The van der Waals surface area contributed by atoms with Crippen molar-refractivity contribution >= 4 is 27.3 Å². The van der Waals surface area contributed by atoms with E-state index in [0.29, 0.717) is 17.2 Å². The number of thiazole rings is 1. The predicted molar refractivity (Wildman–Crippen MR) is 128 cm³/mol. The maximum absolute atomic E-state index is 12.1. The van der Waals surface area contributed by atoms with E-state index in [2.05, 4.69) is 18.0 Å². The molecule has 0 aliphatic carbocycles. The molecule has 11 heteroatoms. The van der Waals surface area contributed by atoms with Gasteiger partial charge >= 0.3 is 5.97 Å². The third kappa shape index (κ3) is 6.08. The number of benzene rings is 1. The second kappa shape index (κ2) is 11.4. The molecule has 0 aliphatic rings. The van der Waals surface area contributed by atoms with E-state index in [9.17, 15) is 18.5 Å². The highest BCUT2D eigenvalue weighted by Crippen LogP contribution is 2.26. The first kappa shape index (κ1) is 25.6. The van der Waals surface area contributed by atoms with Crippen LogP contribution in [0.25, 0.3) is 5.13 Å². The van der Waals surface area contributed by atoms with Crippen LogP contribution in [0.5, 0.6) is 0 Å². The molecule has 2 aromatic heterocycles. The number of unbranched alkanes of at least 4 members (excludes halogenated alkanes) is 2. The van der Waals surface area contributed by atoms with Gasteiger partial charge in [-0.05, 0) is 37.5 Å². The van der Waals surface area contributed by atoms with Crippen LogP contribution in [0.3, 0.4) is 0 Å². The molecule has 3 rings (SSSR count). The van der Waals surface area contributed by atoms with Gasteiger partial charge in [0.2, 0.25) is 15.2 Å². The van der Waals surface area contributed by atoms with Gasteiger partial charge in [-0.25, -0.2) is 28.0 Å². The summed E-state index contributed by atoms with van der Waals surface area (Å²) in [7, 11) is -3.78. The van der Waals surface area contributed by atoms with Crippen molar-refractivity contribution in [3.63, 3.8) is 0 Å². The van der Waals surface area contributed by atoms with Gasteiger partial charge in [-0.2, -0.15) is 10.4 Å². The molecular weight excluding hydrogens is 474 g/mol. The molecule has 0 fully saturated rings. The van der Waals surface area contributed by atoms with Gasteiger partial charge in [0.15, 0.2) is 5.69 Å². The second-order valence-electron chi connectivity index (χ2n) is 7.68. The van der Waals surface area contributed by atoms with Gasteiger partial charge in [0.05, 0.1) is 35.4 Å². The van der Waals surface area contributed by atoms with Crippen molar-refractivity contribution in [3.05, 3.63) is 57.9 Å². The van der Waals surface area contributed by atoms with Gasteiger partial charge in [-0.3, -0.25) is 0 Å². The lowest BCUT2D eigenvalue weighted by Crippen LogP contribution is -2.12. The molecule has 0 amide bonds. The van der Waals surface area contributed by atoms with E-state index in [4.69, 9.17) is 15.0 Å². The molecular formula is C23H27N5O4S2. The summed E-state index contributed by atoms with van der Waals surface area (Å²) in [5, 5.41) is 21.6. The van der Waals surface area contributed by atoms with Crippen LogP contribution in [0.15, 0.2) is 34.5 Å². The summed E-state index contributed by atoms with van der Waals surface area (Å²) in [5.41, 5.74) is 3.55. The molecule has 0 unspecified atom stereocenters. The highest BCUT2D eigenvalue weighted by atomic mass is 32.2. The number of nitrogens with two attached hydrogens (primary N) is 1. The minimum absolute atomic E-state index is 0.0432. The Bertz CT molecular complexity index is 1290. The number of primary sulfonamides is 1. The monoisotopic (exact) mass is 501 g/mol. The smallest absolute Gasteiger partial charge is 0.357 e. The van der Waals surface area contributed by atoms with Crippen molar-refractivity contribution in [2.24, 2.45) is 5.14 Å². The Morgan fingerprint density at radius 3 is 2.59 bits per heavy atom. The van der Waals surface area contributed by atoms with E-state index in [1.54, 1.807) is 29.1 Å². The molecule has 2 N–H and O–H groups in total.